The van der Waals surface area contributed by atoms with E-state index in [0.29, 0.717) is 11.1 Å². The molecular weight excluding hydrogens is 488 g/mol. The number of hydrogen-bond donors (Lipinski definition) is 0. The van der Waals surface area contributed by atoms with E-state index in [1.54, 1.807) is 22.7 Å². The van der Waals surface area contributed by atoms with Crippen molar-refractivity contribution in [2.24, 2.45) is 0 Å². The predicted octanol–water partition coefficient (Wildman–Crippen LogP) is 8.18. The molecule has 6 rings (SSSR count). The highest BCUT2D eigenvalue weighted by atomic mass is 32.1. The summed E-state index contributed by atoms with van der Waals surface area (Å²) in [7, 11) is 2.79. The molecule has 0 radical (unpaired) electrons. The third-order valence-electron chi connectivity index (χ3n) is 6.47. The molecule has 36 heavy (non-hydrogen) atoms. The van der Waals surface area contributed by atoms with Crippen LogP contribution in [-0.4, -0.2) is 26.2 Å². The highest BCUT2D eigenvalue weighted by Crippen LogP contribution is 2.41. The molecule has 0 N–H and O–H groups in total. The first-order valence-corrected chi connectivity index (χ1v) is 13.1. The van der Waals surface area contributed by atoms with E-state index in [1.807, 2.05) is 48.5 Å². The molecule has 0 atom stereocenters. The number of esters is 2. The molecule has 0 amide bonds. The second-order valence-electron chi connectivity index (χ2n) is 8.42. The van der Waals surface area contributed by atoms with Gasteiger partial charge in [-0.2, -0.15) is 0 Å². The Bertz CT molecular complexity index is 1680. The molecule has 0 unspecified atom stereocenters. The van der Waals surface area contributed by atoms with E-state index in [9.17, 15) is 9.59 Å². The summed E-state index contributed by atoms with van der Waals surface area (Å²) in [5.41, 5.74) is 4.45. The smallest absolute Gasteiger partial charge is 0.338 e. The molecule has 4 nitrogen and oxygen atoms in total. The molecule has 6 heteroatoms. The second kappa shape index (κ2) is 8.90. The van der Waals surface area contributed by atoms with E-state index in [4.69, 9.17) is 9.47 Å². The van der Waals surface area contributed by atoms with Gasteiger partial charge < -0.3 is 9.47 Å². The van der Waals surface area contributed by atoms with Gasteiger partial charge in [0.1, 0.15) is 0 Å². The average molecular weight is 509 g/mol. The van der Waals surface area contributed by atoms with Gasteiger partial charge in [-0.1, -0.05) is 36.4 Å². The molecule has 0 saturated carbocycles. The summed E-state index contributed by atoms with van der Waals surface area (Å²) >= 11 is 3.26. The lowest BCUT2D eigenvalue weighted by Crippen LogP contribution is -2.06. The predicted molar refractivity (Wildman–Crippen MR) is 148 cm³/mol. The molecule has 0 fully saturated rings. The zero-order valence-electron chi connectivity index (χ0n) is 19.5. The summed E-state index contributed by atoms with van der Waals surface area (Å²) in [5.74, 6) is -0.802. The van der Waals surface area contributed by atoms with Gasteiger partial charge in [0.2, 0.25) is 0 Å². The van der Waals surface area contributed by atoms with Gasteiger partial charge in [-0.3, -0.25) is 0 Å². The highest BCUT2D eigenvalue weighted by Gasteiger charge is 2.21. The van der Waals surface area contributed by atoms with E-state index in [0.717, 1.165) is 53.2 Å². The van der Waals surface area contributed by atoms with Crippen molar-refractivity contribution in [3.05, 3.63) is 94.7 Å². The summed E-state index contributed by atoms with van der Waals surface area (Å²) in [6.45, 7) is 0. The Morgan fingerprint density at radius 2 is 1.00 bits per heavy atom. The number of ether oxygens (including phenoxy) is 2. The Morgan fingerprint density at radius 3 is 1.42 bits per heavy atom. The first-order valence-electron chi connectivity index (χ1n) is 11.3. The number of carbonyl (C=O) groups excluding carboxylic acids is 2. The van der Waals surface area contributed by atoms with Gasteiger partial charge in [0, 0.05) is 31.3 Å². The summed E-state index contributed by atoms with van der Waals surface area (Å²) in [5, 5.41) is 7.95. The maximum absolute atomic E-state index is 12.9. The zero-order valence-corrected chi connectivity index (χ0v) is 21.2. The standard InChI is InChI=1S/C30H20O4S2/c1-33-29(31)23-13-17-12-22(26-16-36-28-10-6-4-8-20(26)28)24(30(32)34-2)14-18(17)11-21(23)25-15-35-27-9-5-3-7-19(25)27/h3-16H,1-2H3. The number of fused-ring (bicyclic) bond motifs is 3. The Labute approximate surface area is 215 Å². The molecule has 2 heterocycles. The minimum atomic E-state index is -0.401. The topological polar surface area (TPSA) is 52.6 Å². The van der Waals surface area contributed by atoms with Gasteiger partial charge in [-0.15, -0.1) is 22.7 Å². The lowest BCUT2D eigenvalue weighted by Gasteiger charge is -2.14. The number of methoxy groups -OCH3 is 2. The van der Waals surface area contributed by atoms with E-state index in [1.165, 1.54) is 14.2 Å². The minimum absolute atomic E-state index is 0.401. The SMILES string of the molecule is COC(=O)c1cc2cc(-c3csc4ccccc34)c(C(=O)OC)cc2cc1-c1csc2ccccc12. The number of rotatable bonds is 4. The highest BCUT2D eigenvalue weighted by molar-refractivity contribution is 7.18. The maximum Gasteiger partial charge on any atom is 0.338 e. The van der Waals surface area contributed by atoms with Gasteiger partial charge in [-0.05, 0) is 69.1 Å². The van der Waals surface area contributed by atoms with Gasteiger partial charge in [-0.25, -0.2) is 9.59 Å². The van der Waals surface area contributed by atoms with Crippen LogP contribution in [0.25, 0.3) is 53.2 Å². The van der Waals surface area contributed by atoms with Crippen molar-refractivity contribution in [3.8, 4) is 22.3 Å². The zero-order chi connectivity index (χ0) is 24.8. The van der Waals surface area contributed by atoms with Crippen LogP contribution in [0, 0.1) is 0 Å². The number of hydrogen-bond acceptors (Lipinski definition) is 6. The molecule has 2 aromatic heterocycles. The lowest BCUT2D eigenvalue weighted by molar-refractivity contribution is 0.0592. The van der Waals surface area contributed by atoms with Crippen LogP contribution in [0.2, 0.25) is 0 Å². The Balaban J connectivity index is 1.66. The average Bonchev–Trinajstić information content (AvgIpc) is 3.55. The summed E-state index contributed by atoms with van der Waals surface area (Å²) in [6.07, 6.45) is 0. The molecule has 0 aliphatic heterocycles. The van der Waals surface area contributed by atoms with Crippen molar-refractivity contribution in [1.82, 2.24) is 0 Å². The van der Waals surface area contributed by atoms with Crippen LogP contribution < -0.4 is 0 Å². The quantitative estimate of drug-likeness (QED) is 0.225. The number of benzene rings is 4. The molecule has 0 aliphatic rings. The third kappa shape index (κ3) is 3.58. The largest absolute Gasteiger partial charge is 0.465 e. The summed E-state index contributed by atoms with van der Waals surface area (Å²) in [4.78, 5) is 25.9. The maximum atomic E-state index is 12.9. The Morgan fingerprint density at radius 1 is 0.583 bits per heavy atom. The van der Waals surface area contributed by atoms with Crippen LogP contribution >= 0.6 is 22.7 Å². The van der Waals surface area contributed by atoms with Crippen molar-refractivity contribution < 1.29 is 19.1 Å². The van der Waals surface area contributed by atoms with Crippen LogP contribution in [0.15, 0.2) is 83.6 Å². The molecule has 0 spiro atoms. The van der Waals surface area contributed by atoms with Gasteiger partial charge in [0.25, 0.3) is 0 Å². The van der Waals surface area contributed by atoms with Crippen LogP contribution in [0.4, 0.5) is 0 Å². The van der Waals surface area contributed by atoms with Crippen LogP contribution in [-0.2, 0) is 9.47 Å². The van der Waals surface area contributed by atoms with Gasteiger partial charge in [0.15, 0.2) is 0 Å². The fourth-order valence-corrected chi connectivity index (χ4v) is 6.65. The van der Waals surface area contributed by atoms with Gasteiger partial charge >= 0.3 is 11.9 Å². The molecule has 6 aromatic rings. The second-order valence-corrected chi connectivity index (χ2v) is 10.2. The fraction of sp³-hybridized carbons (Fsp3) is 0.0667. The normalized spacial score (nSPS) is 11.3. The summed E-state index contributed by atoms with van der Waals surface area (Å²) < 4.78 is 12.6. The van der Waals surface area contributed by atoms with E-state index < -0.39 is 11.9 Å². The number of thiophene rings is 2. The molecule has 176 valence electrons. The monoisotopic (exact) mass is 508 g/mol. The van der Waals surface area contributed by atoms with Crippen molar-refractivity contribution >= 4 is 65.6 Å². The molecule has 0 aliphatic carbocycles. The first-order chi connectivity index (χ1) is 17.6. The number of carbonyl (C=O) groups is 2. The molecular formula is C30H20O4S2. The van der Waals surface area contributed by atoms with E-state index in [-0.39, 0.29) is 0 Å². The van der Waals surface area contributed by atoms with Crippen molar-refractivity contribution in [2.45, 2.75) is 0 Å². The summed E-state index contributed by atoms with van der Waals surface area (Å²) in [6, 6.07) is 23.9. The van der Waals surface area contributed by atoms with Crippen molar-refractivity contribution in [2.75, 3.05) is 14.2 Å². The Hall–Kier alpha value is -4.00. The van der Waals surface area contributed by atoms with E-state index in [2.05, 4.69) is 35.0 Å². The van der Waals surface area contributed by atoms with Crippen LogP contribution in [0.1, 0.15) is 20.7 Å². The fourth-order valence-electron chi connectivity index (χ4n) is 4.73. The molecule has 0 bridgehead atoms. The van der Waals surface area contributed by atoms with E-state index >= 15 is 0 Å². The molecule has 4 aromatic carbocycles. The first kappa shape index (κ1) is 22.5. The van der Waals surface area contributed by atoms with Gasteiger partial charge in [0.05, 0.1) is 25.3 Å². The van der Waals surface area contributed by atoms with Crippen molar-refractivity contribution in [3.63, 3.8) is 0 Å². The molecule has 0 saturated heterocycles. The minimum Gasteiger partial charge on any atom is -0.465 e. The van der Waals surface area contributed by atoms with Crippen LogP contribution in [0.3, 0.4) is 0 Å². The van der Waals surface area contributed by atoms with Crippen LogP contribution in [0.5, 0.6) is 0 Å². The lowest BCUT2D eigenvalue weighted by atomic mass is 9.91. The Kier molecular flexibility index (Phi) is 5.55. The third-order valence-corrected chi connectivity index (χ3v) is 8.39. The van der Waals surface area contributed by atoms with Crippen molar-refractivity contribution in [1.29, 1.82) is 0 Å².